The maximum atomic E-state index is 13.8. The number of carbonyl (C=O) groups excluding carboxylic acids is 1. The molecule has 1 heterocycles. The van der Waals surface area contributed by atoms with Gasteiger partial charge in [-0.25, -0.2) is 12.8 Å². The Morgan fingerprint density at radius 3 is 2.27 bits per heavy atom. The number of carbonyl (C=O) groups is 1. The van der Waals surface area contributed by atoms with Crippen LogP contribution in [0.1, 0.15) is 45.9 Å². The lowest BCUT2D eigenvalue weighted by Gasteiger charge is -2.23. The van der Waals surface area contributed by atoms with Crippen LogP contribution < -0.4 is 5.32 Å². The van der Waals surface area contributed by atoms with Crippen LogP contribution in [0, 0.1) is 12.7 Å². The minimum Gasteiger partial charge on any atom is -0.338 e. The predicted octanol–water partition coefficient (Wildman–Crippen LogP) is 3.61. The number of amides is 1. The average molecular weight is 382 g/mol. The maximum absolute atomic E-state index is 13.8. The number of anilines is 1. The van der Waals surface area contributed by atoms with Gasteiger partial charge in [0.2, 0.25) is 11.8 Å². The molecule has 0 aliphatic carbocycles. The van der Waals surface area contributed by atoms with Crippen LogP contribution in [0.3, 0.4) is 0 Å². The van der Waals surface area contributed by atoms with Gasteiger partial charge in [0.15, 0.2) is 9.84 Å². The second kappa shape index (κ2) is 6.50. The predicted molar refractivity (Wildman–Crippen MR) is 96.2 cm³/mol. The lowest BCUT2D eigenvalue weighted by Crippen LogP contribution is -2.44. The highest BCUT2D eigenvalue weighted by Crippen LogP contribution is 2.29. The Balaban J connectivity index is 2.31. The largest absolute Gasteiger partial charge is 0.338 e. The summed E-state index contributed by atoms with van der Waals surface area (Å²) < 4.78 is 42.7. The molecule has 1 N–H and O–H groups in total. The van der Waals surface area contributed by atoms with Crippen LogP contribution >= 0.6 is 0 Å². The summed E-state index contributed by atoms with van der Waals surface area (Å²) in [4.78, 5) is 12.3. The van der Waals surface area contributed by atoms with Crippen LogP contribution in [0.2, 0.25) is 0 Å². The molecule has 8 heteroatoms. The highest BCUT2D eigenvalue weighted by molar-refractivity contribution is 7.93. The van der Waals surface area contributed by atoms with Crippen LogP contribution in [0.25, 0.3) is 0 Å². The smallest absolute Gasteiger partial charge is 0.248 e. The molecule has 0 aliphatic heterocycles. The van der Waals surface area contributed by atoms with Crippen LogP contribution in [0.5, 0.6) is 0 Å². The van der Waals surface area contributed by atoms with Crippen molar-refractivity contribution in [2.75, 3.05) is 5.32 Å². The van der Waals surface area contributed by atoms with E-state index in [2.05, 4.69) is 10.5 Å². The molecule has 0 bridgehead atoms. The van der Waals surface area contributed by atoms with E-state index in [9.17, 15) is 17.6 Å². The van der Waals surface area contributed by atoms with Crippen molar-refractivity contribution >= 4 is 21.6 Å². The van der Waals surface area contributed by atoms with Crippen LogP contribution in [0.15, 0.2) is 33.7 Å². The molecule has 0 aliphatic rings. The zero-order valence-electron chi connectivity index (χ0n) is 15.7. The molecule has 0 fully saturated rings. The topological polar surface area (TPSA) is 89.3 Å². The van der Waals surface area contributed by atoms with Gasteiger partial charge in [0, 0.05) is 11.5 Å². The van der Waals surface area contributed by atoms with E-state index in [1.54, 1.807) is 6.07 Å². The molecule has 1 aromatic heterocycles. The Morgan fingerprint density at radius 2 is 1.77 bits per heavy atom. The van der Waals surface area contributed by atoms with Crippen molar-refractivity contribution in [2.24, 2.45) is 0 Å². The summed E-state index contributed by atoms with van der Waals surface area (Å²) in [5.41, 5.74) is 0.657. The summed E-state index contributed by atoms with van der Waals surface area (Å²) in [6, 6.07) is 5.12. The Labute approximate surface area is 152 Å². The first-order chi connectivity index (χ1) is 11.8. The van der Waals surface area contributed by atoms with E-state index in [1.807, 2.05) is 20.8 Å². The number of nitrogens with zero attached hydrogens (tertiary/aromatic N) is 1. The van der Waals surface area contributed by atoms with E-state index in [0.29, 0.717) is 11.3 Å². The zero-order chi connectivity index (χ0) is 19.9. The number of sulfone groups is 1. The summed E-state index contributed by atoms with van der Waals surface area (Å²) >= 11 is 0. The summed E-state index contributed by atoms with van der Waals surface area (Å²) in [6.45, 7) is 9.83. The van der Waals surface area contributed by atoms with Crippen molar-refractivity contribution in [3.05, 3.63) is 41.3 Å². The number of hydrogen-bond donors (Lipinski definition) is 1. The molecular formula is C18H23FN2O4S. The molecule has 6 nitrogen and oxygen atoms in total. The molecule has 2 rings (SSSR count). The van der Waals surface area contributed by atoms with E-state index in [0.717, 1.165) is 6.07 Å². The molecule has 0 saturated heterocycles. The summed E-state index contributed by atoms with van der Waals surface area (Å²) in [6.07, 6.45) is 0. The summed E-state index contributed by atoms with van der Waals surface area (Å²) in [5, 5.41) is 6.31. The number of hydrogen-bond acceptors (Lipinski definition) is 5. The third-order valence-electron chi connectivity index (χ3n) is 4.19. The molecule has 26 heavy (non-hydrogen) atoms. The monoisotopic (exact) mass is 382 g/mol. The molecule has 0 atom stereocenters. The number of nitrogens with one attached hydrogen (secondary N) is 1. The van der Waals surface area contributed by atoms with E-state index >= 15 is 0 Å². The van der Waals surface area contributed by atoms with Gasteiger partial charge < -0.3 is 4.52 Å². The Kier molecular flexibility index (Phi) is 5.02. The normalized spacial score (nSPS) is 12.9. The first kappa shape index (κ1) is 20.1. The van der Waals surface area contributed by atoms with Crippen molar-refractivity contribution < 1.29 is 22.1 Å². The second-order valence-corrected chi connectivity index (χ2v) is 10.2. The molecule has 142 valence electrons. The van der Waals surface area contributed by atoms with Gasteiger partial charge >= 0.3 is 0 Å². The van der Waals surface area contributed by atoms with Gasteiger partial charge in [-0.2, -0.15) is 0 Å². The molecule has 0 spiro atoms. The van der Waals surface area contributed by atoms with E-state index in [4.69, 9.17) is 4.52 Å². The van der Waals surface area contributed by atoms with Gasteiger partial charge in [0.25, 0.3) is 0 Å². The van der Waals surface area contributed by atoms with Crippen molar-refractivity contribution in [1.82, 2.24) is 5.16 Å². The van der Waals surface area contributed by atoms with Crippen LogP contribution in [-0.4, -0.2) is 24.2 Å². The van der Waals surface area contributed by atoms with Crippen molar-refractivity contribution in [2.45, 2.75) is 56.6 Å². The first-order valence-corrected chi connectivity index (χ1v) is 9.54. The third-order valence-corrected chi connectivity index (χ3v) is 6.59. The number of rotatable bonds is 4. The molecule has 0 radical (unpaired) electrons. The zero-order valence-corrected chi connectivity index (χ0v) is 16.5. The molecule has 0 unspecified atom stereocenters. The minimum atomic E-state index is -4.13. The van der Waals surface area contributed by atoms with Crippen molar-refractivity contribution in [1.29, 1.82) is 0 Å². The number of aryl methyl sites for hydroxylation is 1. The fraction of sp³-hybridized carbons (Fsp3) is 0.444. The quantitative estimate of drug-likeness (QED) is 0.872. The summed E-state index contributed by atoms with van der Waals surface area (Å²) in [5.74, 6) is -1.39. The van der Waals surface area contributed by atoms with E-state index in [-0.39, 0.29) is 16.2 Å². The maximum Gasteiger partial charge on any atom is 0.248 e. The Morgan fingerprint density at radius 1 is 1.15 bits per heavy atom. The SMILES string of the molecule is Cc1ccc(S(=O)(=O)C(C)(C)C(=O)Nc2cc(C(C)(C)C)no2)cc1F. The van der Waals surface area contributed by atoms with Gasteiger partial charge in [0.05, 0.1) is 10.6 Å². The van der Waals surface area contributed by atoms with Gasteiger partial charge in [0.1, 0.15) is 10.6 Å². The summed E-state index contributed by atoms with van der Waals surface area (Å²) in [7, 11) is -4.13. The first-order valence-electron chi connectivity index (χ1n) is 8.06. The standard InChI is InChI=1S/C18H23FN2O4S/c1-11-7-8-12(9-13(11)19)26(23,24)18(5,6)16(22)20-15-10-14(21-25-15)17(2,3)4/h7-10H,1-6H3,(H,20,22). The van der Waals surface area contributed by atoms with Crippen molar-refractivity contribution in [3.8, 4) is 0 Å². The average Bonchev–Trinajstić information content (AvgIpc) is 2.98. The fourth-order valence-corrected chi connectivity index (χ4v) is 3.50. The lowest BCUT2D eigenvalue weighted by molar-refractivity contribution is -0.118. The van der Waals surface area contributed by atoms with Gasteiger partial charge in [-0.05, 0) is 38.5 Å². The van der Waals surface area contributed by atoms with E-state index < -0.39 is 26.3 Å². The molecule has 1 amide bonds. The molecule has 2 aromatic rings. The van der Waals surface area contributed by atoms with Gasteiger partial charge in [-0.1, -0.05) is 32.0 Å². The van der Waals surface area contributed by atoms with Gasteiger partial charge in [-0.15, -0.1) is 0 Å². The minimum absolute atomic E-state index is 0.0540. The number of halogens is 1. The van der Waals surface area contributed by atoms with Crippen molar-refractivity contribution in [3.63, 3.8) is 0 Å². The Hall–Kier alpha value is -2.22. The highest BCUT2D eigenvalue weighted by Gasteiger charge is 2.43. The van der Waals surface area contributed by atoms with Crippen LogP contribution in [0.4, 0.5) is 10.3 Å². The van der Waals surface area contributed by atoms with E-state index in [1.165, 1.54) is 32.9 Å². The van der Waals surface area contributed by atoms with Gasteiger partial charge in [-0.3, -0.25) is 10.1 Å². The number of benzene rings is 1. The number of aromatic nitrogens is 1. The molecule has 1 aromatic carbocycles. The molecular weight excluding hydrogens is 359 g/mol. The lowest BCUT2D eigenvalue weighted by atomic mass is 9.92. The van der Waals surface area contributed by atoms with Crippen LogP contribution in [-0.2, 0) is 20.0 Å². The third kappa shape index (κ3) is 3.65. The fourth-order valence-electron chi connectivity index (χ4n) is 2.11. The second-order valence-electron chi connectivity index (χ2n) is 7.71. The highest BCUT2D eigenvalue weighted by atomic mass is 32.2. The Bertz CT molecular complexity index is 940. The molecule has 0 saturated carbocycles.